The Kier molecular flexibility index (Phi) is 2.04. The molecule has 4 rings (SSSR count). The van der Waals surface area contributed by atoms with Crippen LogP contribution in [0.3, 0.4) is 0 Å². The molecular weight excluding hydrogens is 242 g/mol. The zero-order chi connectivity index (χ0) is 13.1. The molecule has 1 aromatic carbocycles. The van der Waals surface area contributed by atoms with Crippen LogP contribution in [0.5, 0.6) is 0 Å². The number of hydrogen-bond acceptors (Lipinski definition) is 3. The third-order valence-electron chi connectivity index (χ3n) is 4.20. The lowest BCUT2D eigenvalue weighted by Gasteiger charge is -2.17. The van der Waals surface area contributed by atoms with Gasteiger partial charge >= 0.3 is 0 Å². The van der Waals surface area contributed by atoms with E-state index < -0.39 is 0 Å². The van der Waals surface area contributed by atoms with Crippen LogP contribution in [0.4, 0.5) is 5.69 Å². The maximum absolute atomic E-state index is 12.5. The van der Waals surface area contributed by atoms with Crippen molar-refractivity contribution in [3.63, 3.8) is 0 Å². The molecule has 2 saturated heterocycles. The van der Waals surface area contributed by atoms with Crippen molar-refractivity contribution in [1.29, 1.82) is 0 Å². The van der Waals surface area contributed by atoms with Crippen molar-refractivity contribution < 1.29 is 14.3 Å². The molecule has 0 saturated carbocycles. The van der Waals surface area contributed by atoms with Crippen LogP contribution in [0, 0.1) is 18.8 Å². The van der Waals surface area contributed by atoms with Crippen molar-refractivity contribution in [2.24, 2.45) is 11.8 Å². The summed E-state index contributed by atoms with van der Waals surface area (Å²) >= 11 is 0. The van der Waals surface area contributed by atoms with E-state index in [1.807, 2.05) is 43.3 Å². The summed E-state index contributed by atoms with van der Waals surface area (Å²) < 4.78 is 5.60. The minimum Gasteiger partial charge on any atom is -0.365 e. The highest BCUT2D eigenvalue weighted by Gasteiger charge is 2.60. The van der Waals surface area contributed by atoms with Crippen molar-refractivity contribution in [3.05, 3.63) is 42.0 Å². The quantitative estimate of drug-likeness (QED) is 0.563. The molecule has 96 valence electrons. The first-order valence-corrected chi connectivity index (χ1v) is 6.45. The zero-order valence-electron chi connectivity index (χ0n) is 10.4. The first-order chi connectivity index (χ1) is 9.16. The smallest absolute Gasteiger partial charge is 0.240 e. The number of ether oxygens (including phenoxy) is 1. The molecule has 3 aliphatic rings. The van der Waals surface area contributed by atoms with Crippen LogP contribution in [0.2, 0.25) is 0 Å². The second-order valence-corrected chi connectivity index (χ2v) is 5.35. The number of nitrogens with zero attached hydrogens (tertiary/aromatic N) is 1. The zero-order valence-corrected chi connectivity index (χ0v) is 10.4. The number of carbonyl (C=O) groups is 2. The summed E-state index contributed by atoms with van der Waals surface area (Å²) in [5.41, 5.74) is 1.77. The van der Waals surface area contributed by atoms with Gasteiger partial charge in [-0.05, 0) is 19.1 Å². The highest BCUT2D eigenvalue weighted by atomic mass is 16.5. The summed E-state index contributed by atoms with van der Waals surface area (Å²) in [6.07, 6.45) is 3.36. The van der Waals surface area contributed by atoms with Gasteiger partial charge in [0.25, 0.3) is 0 Å². The molecule has 19 heavy (non-hydrogen) atoms. The van der Waals surface area contributed by atoms with Gasteiger partial charge in [-0.2, -0.15) is 0 Å². The molecule has 0 aromatic heterocycles. The van der Waals surface area contributed by atoms with Crippen LogP contribution in [0.25, 0.3) is 0 Å². The molecule has 4 nitrogen and oxygen atoms in total. The fourth-order valence-corrected chi connectivity index (χ4v) is 3.25. The summed E-state index contributed by atoms with van der Waals surface area (Å²) in [5.74, 6) is -0.918. The molecule has 0 aliphatic carbocycles. The molecule has 1 aromatic rings. The minimum atomic E-state index is -0.330. The second-order valence-electron chi connectivity index (χ2n) is 5.35. The third-order valence-corrected chi connectivity index (χ3v) is 4.20. The minimum absolute atomic E-state index is 0.129. The Morgan fingerprint density at radius 3 is 2.00 bits per heavy atom. The van der Waals surface area contributed by atoms with E-state index in [4.69, 9.17) is 4.74 Å². The molecule has 4 atom stereocenters. The molecule has 2 bridgehead atoms. The molecule has 0 N–H and O–H groups in total. The lowest BCUT2D eigenvalue weighted by molar-refractivity contribution is -0.124. The van der Waals surface area contributed by atoms with Crippen molar-refractivity contribution in [3.8, 4) is 0 Å². The number of hydrogen-bond donors (Lipinski definition) is 0. The van der Waals surface area contributed by atoms with Gasteiger partial charge in [-0.3, -0.25) is 9.59 Å². The molecular formula is C15H13NO3. The van der Waals surface area contributed by atoms with E-state index in [9.17, 15) is 9.59 Å². The Morgan fingerprint density at radius 1 is 0.947 bits per heavy atom. The van der Waals surface area contributed by atoms with E-state index >= 15 is 0 Å². The van der Waals surface area contributed by atoms with Gasteiger partial charge in [0.05, 0.1) is 29.7 Å². The van der Waals surface area contributed by atoms with E-state index in [0.717, 1.165) is 5.56 Å². The standard InChI is InChI=1S/C15H13NO3/c1-8-2-4-9(5-3-8)16-14(17)12-10-6-7-11(19-10)13(12)15(16)18/h2-7,10-13H,1H3/t10-,11-,12-,13+/m0/s1. The molecule has 2 amide bonds. The number of anilines is 1. The predicted molar refractivity (Wildman–Crippen MR) is 68.5 cm³/mol. The van der Waals surface area contributed by atoms with E-state index in [0.29, 0.717) is 5.69 Å². The average Bonchev–Trinajstić information content (AvgIpc) is 3.06. The van der Waals surface area contributed by atoms with Gasteiger partial charge in [0.2, 0.25) is 11.8 Å². The molecule has 0 spiro atoms. The van der Waals surface area contributed by atoms with Crippen molar-refractivity contribution in [2.45, 2.75) is 19.1 Å². The number of imide groups is 1. The lowest BCUT2D eigenvalue weighted by Crippen LogP contribution is -2.34. The normalized spacial score (nSPS) is 35.3. The first kappa shape index (κ1) is 10.9. The Bertz CT molecular complexity index is 574. The molecule has 0 radical (unpaired) electrons. The van der Waals surface area contributed by atoms with Gasteiger partial charge < -0.3 is 4.74 Å². The van der Waals surface area contributed by atoms with E-state index in [2.05, 4.69) is 0 Å². The average molecular weight is 255 g/mol. The predicted octanol–water partition coefficient (Wildman–Crippen LogP) is 1.44. The number of fused-ring (bicyclic) bond motifs is 5. The van der Waals surface area contributed by atoms with Crippen LogP contribution in [-0.2, 0) is 14.3 Å². The monoisotopic (exact) mass is 255 g/mol. The summed E-state index contributed by atoms with van der Waals surface area (Å²) in [7, 11) is 0. The summed E-state index contributed by atoms with van der Waals surface area (Å²) in [6, 6.07) is 7.46. The lowest BCUT2D eigenvalue weighted by atomic mass is 9.85. The Morgan fingerprint density at radius 2 is 1.47 bits per heavy atom. The van der Waals surface area contributed by atoms with Gasteiger partial charge in [0.15, 0.2) is 0 Å². The third kappa shape index (κ3) is 1.32. The van der Waals surface area contributed by atoms with Crippen molar-refractivity contribution in [2.75, 3.05) is 4.90 Å². The van der Waals surface area contributed by atoms with Crippen LogP contribution >= 0.6 is 0 Å². The Labute approximate surface area is 110 Å². The molecule has 4 heteroatoms. The fraction of sp³-hybridized carbons (Fsp3) is 0.333. The van der Waals surface area contributed by atoms with E-state index in [1.54, 1.807) is 0 Å². The number of amides is 2. The largest absolute Gasteiger partial charge is 0.365 e. The number of aryl methyl sites for hydroxylation is 1. The summed E-state index contributed by atoms with van der Waals surface area (Å²) in [6.45, 7) is 1.98. The molecule has 3 heterocycles. The molecule has 2 fully saturated rings. The van der Waals surface area contributed by atoms with Crippen LogP contribution < -0.4 is 4.90 Å². The van der Waals surface area contributed by atoms with Crippen LogP contribution in [0.15, 0.2) is 36.4 Å². The maximum atomic E-state index is 12.5. The SMILES string of the molecule is Cc1ccc(N2C(=O)[C@@H]3[C@H](C2=O)[C@@H]2C=C[C@@H]3O2)cc1. The highest BCUT2D eigenvalue weighted by Crippen LogP contribution is 2.46. The van der Waals surface area contributed by atoms with Crippen molar-refractivity contribution >= 4 is 17.5 Å². The Balaban J connectivity index is 1.74. The number of rotatable bonds is 1. The van der Waals surface area contributed by atoms with Gasteiger partial charge in [0.1, 0.15) is 0 Å². The Hall–Kier alpha value is -1.94. The summed E-state index contributed by atoms with van der Waals surface area (Å²) in [5, 5.41) is 0. The van der Waals surface area contributed by atoms with E-state index in [1.165, 1.54) is 4.90 Å². The van der Waals surface area contributed by atoms with Crippen LogP contribution in [-0.4, -0.2) is 24.0 Å². The number of carbonyl (C=O) groups excluding carboxylic acids is 2. The maximum Gasteiger partial charge on any atom is 0.240 e. The van der Waals surface area contributed by atoms with Gasteiger partial charge in [0, 0.05) is 0 Å². The van der Waals surface area contributed by atoms with Crippen LogP contribution in [0.1, 0.15) is 5.56 Å². The van der Waals surface area contributed by atoms with Gasteiger partial charge in [-0.15, -0.1) is 0 Å². The fourth-order valence-electron chi connectivity index (χ4n) is 3.25. The second kappa shape index (κ2) is 3.54. The van der Waals surface area contributed by atoms with Crippen molar-refractivity contribution in [1.82, 2.24) is 0 Å². The summed E-state index contributed by atoms with van der Waals surface area (Å²) in [4.78, 5) is 26.3. The molecule has 0 unspecified atom stereocenters. The van der Waals surface area contributed by atoms with Gasteiger partial charge in [-0.1, -0.05) is 29.8 Å². The van der Waals surface area contributed by atoms with Gasteiger partial charge in [-0.25, -0.2) is 4.90 Å². The number of benzene rings is 1. The first-order valence-electron chi connectivity index (χ1n) is 6.45. The highest BCUT2D eigenvalue weighted by molar-refractivity contribution is 6.23. The topological polar surface area (TPSA) is 46.6 Å². The molecule has 3 aliphatic heterocycles. The van der Waals surface area contributed by atoms with E-state index in [-0.39, 0.29) is 35.9 Å².